The molecule has 0 bridgehead atoms. The van der Waals surface area contributed by atoms with Crippen LogP contribution in [0.15, 0.2) is 18.2 Å². The van der Waals surface area contributed by atoms with Crippen molar-refractivity contribution in [2.45, 2.75) is 32.9 Å². The van der Waals surface area contributed by atoms with E-state index >= 15 is 0 Å². The van der Waals surface area contributed by atoms with Gasteiger partial charge in [-0.25, -0.2) is 0 Å². The van der Waals surface area contributed by atoms with Gasteiger partial charge in [0.25, 0.3) is 0 Å². The zero-order chi connectivity index (χ0) is 11.7. The second-order valence-electron chi connectivity index (χ2n) is 4.96. The van der Waals surface area contributed by atoms with Gasteiger partial charge in [-0.2, -0.15) is 0 Å². The molecular formula is C13H19ClN2. The average Bonchev–Trinajstić information content (AvgIpc) is 2.51. The van der Waals surface area contributed by atoms with Gasteiger partial charge >= 0.3 is 0 Å². The van der Waals surface area contributed by atoms with Crippen LogP contribution in [0.3, 0.4) is 0 Å². The van der Waals surface area contributed by atoms with Crippen LogP contribution in [0.1, 0.15) is 25.8 Å². The van der Waals surface area contributed by atoms with Crippen molar-refractivity contribution in [1.82, 2.24) is 4.90 Å². The van der Waals surface area contributed by atoms with Crippen molar-refractivity contribution in [3.8, 4) is 0 Å². The SMILES string of the molecule is CC1CC(C)N(Cc2cc(Cl)ccc2N)C1. The lowest BCUT2D eigenvalue weighted by Gasteiger charge is -2.22. The highest BCUT2D eigenvalue weighted by Crippen LogP contribution is 2.27. The van der Waals surface area contributed by atoms with E-state index in [2.05, 4.69) is 18.7 Å². The van der Waals surface area contributed by atoms with E-state index in [4.69, 9.17) is 17.3 Å². The molecule has 2 rings (SSSR count). The number of nitrogens with two attached hydrogens (primary N) is 1. The Kier molecular flexibility index (Phi) is 3.41. The summed E-state index contributed by atoms with van der Waals surface area (Å²) in [6, 6.07) is 6.36. The summed E-state index contributed by atoms with van der Waals surface area (Å²) in [6.07, 6.45) is 1.28. The molecule has 1 heterocycles. The van der Waals surface area contributed by atoms with Gasteiger partial charge in [-0.3, -0.25) is 4.90 Å². The van der Waals surface area contributed by atoms with Gasteiger partial charge in [0.2, 0.25) is 0 Å². The number of hydrogen-bond donors (Lipinski definition) is 1. The minimum absolute atomic E-state index is 0.647. The minimum Gasteiger partial charge on any atom is -0.398 e. The van der Waals surface area contributed by atoms with Gasteiger partial charge in [-0.15, -0.1) is 0 Å². The van der Waals surface area contributed by atoms with Gasteiger partial charge < -0.3 is 5.73 Å². The van der Waals surface area contributed by atoms with Crippen molar-refractivity contribution < 1.29 is 0 Å². The smallest absolute Gasteiger partial charge is 0.0410 e. The predicted octanol–water partition coefficient (Wildman–Crippen LogP) is 3.15. The van der Waals surface area contributed by atoms with E-state index in [0.717, 1.165) is 35.3 Å². The highest BCUT2D eigenvalue weighted by Gasteiger charge is 2.26. The Labute approximate surface area is 102 Å². The van der Waals surface area contributed by atoms with Crippen molar-refractivity contribution in [1.29, 1.82) is 0 Å². The number of benzene rings is 1. The molecule has 0 radical (unpaired) electrons. The molecule has 0 amide bonds. The lowest BCUT2D eigenvalue weighted by atomic mass is 10.1. The molecule has 0 saturated carbocycles. The molecule has 1 aliphatic heterocycles. The number of anilines is 1. The molecule has 1 aromatic rings. The normalized spacial score (nSPS) is 26.2. The van der Waals surface area contributed by atoms with Gasteiger partial charge in [0.05, 0.1) is 0 Å². The second-order valence-corrected chi connectivity index (χ2v) is 5.40. The van der Waals surface area contributed by atoms with Crippen molar-refractivity contribution in [2.75, 3.05) is 12.3 Å². The highest BCUT2D eigenvalue weighted by molar-refractivity contribution is 6.30. The fourth-order valence-corrected chi connectivity index (χ4v) is 2.73. The summed E-state index contributed by atoms with van der Waals surface area (Å²) in [6.45, 7) is 6.66. The molecule has 3 heteroatoms. The van der Waals surface area contributed by atoms with E-state index in [1.54, 1.807) is 0 Å². The van der Waals surface area contributed by atoms with Gasteiger partial charge in [0.15, 0.2) is 0 Å². The Morgan fingerprint density at radius 1 is 1.44 bits per heavy atom. The first-order chi connectivity index (χ1) is 7.56. The molecule has 1 aromatic carbocycles. The summed E-state index contributed by atoms with van der Waals surface area (Å²) < 4.78 is 0. The number of halogens is 1. The summed E-state index contributed by atoms with van der Waals surface area (Å²) in [7, 11) is 0. The first kappa shape index (κ1) is 11.7. The maximum atomic E-state index is 5.99. The molecule has 0 aromatic heterocycles. The third kappa shape index (κ3) is 2.50. The molecule has 88 valence electrons. The number of hydrogen-bond acceptors (Lipinski definition) is 2. The monoisotopic (exact) mass is 238 g/mol. The molecule has 2 N–H and O–H groups in total. The van der Waals surface area contributed by atoms with Gasteiger partial charge in [-0.1, -0.05) is 18.5 Å². The van der Waals surface area contributed by atoms with Crippen LogP contribution < -0.4 is 5.73 Å². The van der Waals surface area contributed by atoms with E-state index in [0.29, 0.717) is 6.04 Å². The average molecular weight is 239 g/mol. The maximum Gasteiger partial charge on any atom is 0.0410 e. The summed E-state index contributed by atoms with van der Waals surface area (Å²) in [5.74, 6) is 0.787. The van der Waals surface area contributed by atoms with Gasteiger partial charge in [0, 0.05) is 29.8 Å². The number of likely N-dealkylation sites (tertiary alicyclic amines) is 1. The van der Waals surface area contributed by atoms with Crippen molar-refractivity contribution in [3.05, 3.63) is 28.8 Å². The molecule has 1 saturated heterocycles. The zero-order valence-electron chi connectivity index (χ0n) is 9.91. The van der Waals surface area contributed by atoms with Crippen LogP contribution in [0, 0.1) is 5.92 Å². The van der Waals surface area contributed by atoms with E-state index in [1.807, 2.05) is 18.2 Å². The Balaban J connectivity index is 2.11. The minimum atomic E-state index is 0.647. The lowest BCUT2D eigenvalue weighted by Crippen LogP contribution is -2.26. The predicted molar refractivity (Wildman–Crippen MR) is 69.5 cm³/mol. The Hall–Kier alpha value is -0.730. The molecule has 2 atom stereocenters. The number of rotatable bonds is 2. The topological polar surface area (TPSA) is 29.3 Å². The zero-order valence-corrected chi connectivity index (χ0v) is 10.7. The third-order valence-electron chi connectivity index (χ3n) is 3.39. The fraction of sp³-hybridized carbons (Fsp3) is 0.538. The van der Waals surface area contributed by atoms with Crippen LogP contribution in [0.4, 0.5) is 5.69 Å². The molecule has 16 heavy (non-hydrogen) atoms. The quantitative estimate of drug-likeness (QED) is 0.802. The first-order valence-corrected chi connectivity index (χ1v) is 6.22. The second kappa shape index (κ2) is 4.64. The van der Waals surface area contributed by atoms with E-state index < -0.39 is 0 Å². The van der Waals surface area contributed by atoms with Crippen molar-refractivity contribution in [3.63, 3.8) is 0 Å². The van der Waals surface area contributed by atoms with E-state index in [-0.39, 0.29) is 0 Å². The molecule has 1 aliphatic rings. The third-order valence-corrected chi connectivity index (χ3v) is 3.63. The van der Waals surface area contributed by atoms with Crippen molar-refractivity contribution in [2.24, 2.45) is 5.92 Å². The molecule has 1 fully saturated rings. The Bertz CT molecular complexity index is 378. The Morgan fingerprint density at radius 2 is 2.19 bits per heavy atom. The van der Waals surface area contributed by atoms with E-state index in [9.17, 15) is 0 Å². The maximum absolute atomic E-state index is 5.99. The molecular weight excluding hydrogens is 220 g/mol. The first-order valence-electron chi connectivity index (χ1n) is 5.84. The highest BCUT2D eigenvalue weighted by atomic mass is 35.5. The van der Waals surface area contributed by atoms with Gasteiger partial charge in [0.1, 0.15) is 0 Å². The molecule has 0 spiro atoms. The summed E-state index contributed by atoms with van der Waals surface area (Å²) in [5.41, 5.74) is 7.95. The van der Waals surface area contributed by atoms with E-state index in [1.165, 1.54) is 6.42 Å². The summed E-state index contributed by atoms with van der Waals surface area (Å²) in [5, 5.41) is 0.768. The van der Waals surface area contributed by atoms with Crippen molar-refractivity contribution >= 4 is 17.3 Å². The van der Waals surface area contributed by atoms with Crippen LogP contribution in [-0.4, -0.2) is 17.5 Å². The fourth-order valence-electron chi connectivity index (χ4n) is 2.54. The molecule has 2 unspecified atom stereocenters. The summed E-state index contributed by atoms with van der Waals surface area (Å²) >= 11 is 5.99. The molecule has 2 nitrogen and oxygen atoms in total. The van der Waals surface area contributed by atoms with Crippen LogP contribution in [-0.2, 0) is 6.54 Å². The van der Waals surface area contributed by atoms with Crippen LogP contribution >= 0.6 is 11.6 Å². The van der Waals surface area contributed by atoms with Crippen LogP contribution in [0.25, 0.3) is 0 Å². The number of nitrogens with zero attached hydrogens (tertiary/aromatic N) is 1. The standard InChI is InChI=1S/C13H19ClN2/c1-9-5-10(2)16(7-9)8-11-6-12(14)3-4-13(11)15/h3-4,6,9-10H,5,7-8,15H2,1-2H3. The summed E-state index contributed by atoms with van der Waals surface area (Å²) in [4.78, 5) is 2.48. The number of nitrogen functional groups attached to an aromatic ring is 1. The molecule has 0 aliphatic carbocycles. The van der Waals surface area contributed by atoms with Crippen LogP contribution in [0.2, 0.25) is 5.02 Å². The lowest BCUT2D eigenvalue weighted by molar-refractivity contribution is 0.257. The van der Waals surface area contributed by atoms with Crippen LogP contribution in [0.5, 0.6) is 0 Å². The Morgan fingerprint density at radius 3 is 2.81 bits per heavy atom. The largest absolute Gasteiger partial charge is 0.398 e. The van der Waals surface area contributed by atoms with Gasteiger partial charge in [-0.05, 0) is 43.0 Å².